The van der Waals surface area contributed by atoms with Gasteiger partial charge in [0.15, 0.2) is 5.76 Å². The minimum Gasteiger partial charge on any atom is -0.453 e. The lowest BCUT2D eigenvalue weighted by Crippen LogP contribution is -2.25. The monoisotopic (exact) mass is 226 g/mol. The number of furan rings is 1. The maximum atomic E-state index is 11.5. The van der Waals surface area contributed by atoms with E-state index in [0.717, 1.165) is 6.42 Å². The van der Waals surface area contributed by atoms with Crippen molar-refractivity contribution in [3.8, 4) is 0 Å². The van der Waals surface area contributed by atoms with Crippen LogP contribution < -0.4 is 11.1 Å². The molecule has 0 atom stereocenters. The van der Waals surface area contributed by atoms with Gasteiger partial charge in [-0.2, -0.15) is 0 Å². The topological polar surface area (TPSA) is 88.5 Å². The van der Waals surface area contributed by atoms with Gasteiger partial charge in [0.2, 0.25) is 0 Å². The number of nitrogens with two attached hydrogens (primary N) is 1. The molecule has 5 nitrogen and oxygen atoms in total. The molecule has 5 heteroatoms. The van der Waals surface area contributed by atoms with E-state index < -0.39 is 5.60 Å². The van der Waals surface area contributed by atoms with Crippen LogP contribution in [0.4, 0.5) is 0 Å². The van der Waals surface area contributed by atoms with E-state index in [-0.39, 0.29) is 11.7 Å². The van der Waals surface area contributed by atoms with Gasteiger partial charge in [-0.15, -0.1) is 0 Å². The van der Waals surface area contributed by atoms with Crippen molar-refractivity contribution in [1.29, 1.82) is 0 Å². The Balaban J connectivity index is 2.60. The Morgan fingerprint density at radius 3 is 2.75 bits per heavy atom. The first kappa shape index (κ1) is 12.7. The molecular formula is C11H18N2O3. The Morgan fingerprint density at radius 2 is 2.25 bits per heavy atom. The number of aliphatic hydroxyl groups is 1. The second-order valence-corrected chi connectivity index (χ2v) is 4.12. The lowest BCUT2D eigenvalue weighted by atomic mass is 10.1. The molecule has 0 unspecified atom stereocenters. The Morgan fingerprint density at radius 1 is 1.56 bits per heavy atom. The average Bonchev–Trinajstić information content (AvgIpc) is 2.66. The number of nitrogens with one attached hydrogen (secondary N) is 1. The summed E-state index contributed by atoms with van der Waals surface area (Å²) >= 11 is 0. The Kier molecular flexibility index (Phi) is 4.09. The Bertz CT molecular complexity index is 352. The minimum atomic E-state index is -1.07. The highest BCUT2D eigenvalue weighted by atomic mass is 16.4. The van der Waals surface area contributed by atoms with Crippen LogP contribution in [-0.4, -0.2) is 24.1 Å². The number of hydrogen-bond donors (Lipinski definition) is 3. The van der Waals surface area contributed by atoms with Crippen LogP contribution in [-0.2, 0) is 5.60 Å². The molecule has 1 heterocycles. The third-order valence-corrected chi connectivity index (χ3v) is 2.10. The second kappa shape index (κ2) is 5.14. The molecule has 0 spiro atoms. The van der Waals surface area contributed by atoms with Crippen LogP contribution in [0.5, 0.6) is 0 Å². The van der Waals surface area contributed by atoms with Crippen molar-refractivity contribution in [2.75, 3.05) is 13.1 Å². The lowest BCUT2D eigenvalue weighted by Gasteiger charge is -2.12. The largest absolute Gasteiger partial charge is 0.453 e. The van der Waals surface area contributed by atoms with Gasteiger partial charge in [-0.1, -0.05) is 0 Å². The molecule has 0 saturated heterocycles. The molecule has 1 aromatic rings. The van der Waals surface area contributed by atoms with Gasteiger partial charge in [0.1, 0.15) is 11.4 Å². The summed E-state index contributed by atoms with van der Waals surface area (Å²) < 4.78 is 5.25. The molecule has 1 rings (SSSR count). The molecule has 0 aromatic carbocycles. The zero-order valence-corrected chi connectivity index (χ0v) is 9.62. The predicted molar refractivity (Wildman–Crippen MR) is 60.0 cm³/mol. The summed E-state index contributed by atoms with van der Waals surface area (Å²) in [7, 11) is 0. The van der Waals surface area contributed by atoms with E-state index in [1.165, 1.54) is 0 Å². The average molecular weight is 226 g/mol. The van der Waals surface area contributed by atoms with Gasteiger partial charge in [0.05, 0.1) is 0 Å². The molecule has 4 N–H and O–H groups in total. The first-order valence-electron chi connectivity index (χ1n) is 5.26. The standard InChI is InChI=1S/C11H18N2O3/c1-11(2,15)9-5-4-8(16-9)10(14)13-7-3-6-12/h4-5,15H,3,6-7,12H2,1-2H3,(H,13,14). The quantitative estimate of drug-likeness (QED) is 0.641. The van der Waals surface area contributed by atoms with Crippen molar-refractivity contribution >= 4 is 5.91 Å². The fraction of sp³-hybridized carbons (Fsp3) is 0.545. The molecule has 0 fully saturated rings. The molecule has 90 valence electrons. The van der Waals surface area contributed by atoms with Gasteiger partial charge >= 0.3 is 0 Å². The van der Waals surface area contributed by atoms with Crippen molar-refractivity contribution < 1.29 is 14.3 Å². The normalized spacial score (nSPS) is 11.5. The molecule has 0 radical (unpaired) electrons. The maximum Gasteiger partial charge on any atom is 0.286 e. The van der Waals surface area contributed by atoms with Gasteiger partial charge < -0.3 is 20.6 Å². The molecule has 0 bridgehead atoms. The van der Waals surface area contributed by atoms with E-state index >= 15 is 0 Å². The van der Waals surface area contributed by atoms with Gasteiger partial charge in [-0.05, 0) is 38.9 Å². The predicted octanol–water partition coefficient (Wildman–Crippen LogP) is 0.586. The fourth-order valence-corrected chi connectivity index (χ4v) is 1.18. The highest BCUT2D eigenvalue weighted by Gasteiger charge is 2.22. The number of carbonyl (C=O) groups is 1. The zero-order valence-electron chi connectivity index (χ0n) is 9.62. The lowest BCUT2D eigenvalue weighted by molar-refractivity contribution is 0.0522. The number of amides is 1. The van der Waals surface area contributed by atoms with Crippen LogP contribution in [0, 0.1) is 0 Å². The molecule has 1 aromatic heterocycles. The van der Waals surface area contributed by atoms with Crippen molar-refractivity contribution in [2.24, 2.45) is 5.73 Å². The molecule has 1 amide bonds. The first-order chi connectivity index (χ1) is 7.45. The van der Waals surface area contributed by atoms with Gasteiger partial charge in [-0.3, -0.25) is 4.79 Å². The minimum absolute atomic E-state index is 0.203. The third-order valence-electron chi connectivity index (χ3n) is 2.10. The number of hydrogen-bond acceptors (Lipinski definition) is 4. The van der Waals surface area contributed by atoms with E-state index in [4.69, 9.17) is 10.2 Å². The van der Waals surface area contributed by atoms with E-state index in [1.807, 2.05) is 0 Å². The molecule has 0 aliphatic rings. The van der Waals surface area contributed by atoms with Crippen LogP contribution in [0.2, 0.25) is 0 Å². The molecular weight excluding hydrogens is 208 g/mol. The summed E-state index contributed by atoms with van der Waals surface area (Å²) in [6.07, 6.45) is 0.727. The van der Waals surface area contributed by atoms with Crippen molar-refractivity contribution in [1.82, 2.24) is 5.32 Å². The van der Waals surface area contributed by atoms with Crippen molar-refractivity contribution in [2.45, 2.75) is 25.9 Å². The first-order valence-corrected chi connectivity index (χ1v) is 5.26. The zero-order chi connectivity index (χ0) is 12.2. The summed E-state index contributed by atoms with van der Waals surface area (Å²) in [6.45, 7) is 4.26. The van der Waals surface area contributed by atoms with E-state index in [9.17, 15) is 9.90 Å². The smallest absolute Gasteiger partial charge is 0.286 e. The second-order valence-electron chi connectivity index (χ2n) is 4.12. The van der Waals surface area contributed by atoms with Crippen LogP contribution in [0.3, 0.4) is 0 Å². The van der Waals surface area contributed by atoms with E-state index in [1.54, 1.807) is 26.0 Å². The fourth-order valence-electron chi connectivity index (χ4n) is 1.18. The van der Waals surface area contributed by atoms with E-state index in [0.29, 0.717) is 18.8 Å². The highest BCUT2D eigenvalue weighted by molar-refractivity contribution is 5.91. The Hall–Kier alpha value is -1.33. The number of carbonyl (C=O) groups excluding carboxylic acids is 1. The Labute approximate surface area is 94.6 Å². The van der Waals surface area contributed by atoms with Gasteiger partial charge in [0, 0.05) is 6.54 Å². The van der Waals surface area contributed by atoms with Crippen LogP contribution >= 0.6 is 0 Å². The summed E-state index contributed by atoms with van der Waals surface area (Å²) in [5.41, 5.74) is 4.23. The summed E-state index contributed by atoms with van der Waals surface area (Å²) in [5, 5.41) is 12.3. The summed E-state index contributed by atoms with van der Waals surface area (Å²) in [6, 6.07) is 3.14. The summed E-state index contributed by atoms with van der Waals surface area (Å²) in [5.74, 6) is 0.287. The molecule has 0 aliphatic carbocycles. The van der Waals surface area contributed by atoms with E-state index in [2.05, 4.69) is 5.32 Å². The molecule has 0 saturated carbocycles. The highest BCUT2D eigenvalue weighted by Crippen LogP contribution is 2.21. The maximum absolute atomic E-state index is 11.5. The van der Waals surface area contributed by atoms with Crippen LogP contribution in [0.15, 0.2) is 16.5 Å². The number of rotatable bonds is 5. The van der Waals surface area contributed by atoms with Crippen molar-refractivity contribution in [3.05, 3.63) is 23.7 Å². The van der Waals surface area contributed by atoms with Gasteiger partial charge in [-0.25, -0.2) is 0 Å². The molecule has 16 heavy (non-hydrogen) atoms. The van der Waals surface area contributed by atoms with Crippen molar-refractivity contribution in [3.63, 3.8) is 0 Å². The third kappa shape index (κ3) is 3.36. The summed E-state index contributed by atoms with van der Waals surface area (Å²) in [4.78, 5) is 11.5. The van der Waals surface area contributed by atoms with Crippen LogP contribution in [0.25, 0.3) is 0 Å². The SMILES string of the molecule is CC(C)(O)c1ccc(C(=O)NCCCN)o1. The van der Waals surface area contributed by atoms with Crippen LogP contribution in [0.1, 0.15) is 36.6 Å². The molecule has 0 aliphatic heterocycles. The van der Waals surface area contributed by atoms with Gasteiger partial charge in [0.25, 0.3) is 5.91 Å².